The van der Waals surface area contributed by atoms with Crippen LogP contribution >= 0.6 is 11.6 Å². The van der Waals surface area contributed by atoms with Gasteiger partial charge < -0.3 is 10.1 Å². The molecular weight excluding hydrogens is 512 g/mol. The van der Waals surface area contributed by atoms with Crippen LogP contribution in [0.25, 0.3) is 11.1 Å². The van der Waals surface area contributed by atoms with Crippen molar-refractivity contribution in [1.82, 2.24) is 5.32 Å². The molecule has 0 aliphatic carbocycles. The van der Waals surface area contributed by atoms with Crippen molar-refractivity contribution in [3.63, 3.8) is 0 Å². The van der Waals surface area contributed by atoms with Gasteiger partial charge in [0.25, 0.3) is 0 Å². The number of halogens is 1. The number of primary amides is 1. The number of ether oxygens (including phenoxy) is 1. The largest absolute Gasteiger partial charge is 0.444 e. The number of nitrogens with one attached hydrogen (secondary N) is 1. The number of amides is 2. The molecule has 0 saturated carbocycles. The molecule has 0 fully saturated rings. The molecule has 3 N–H and O–H groups in total. The molecule has 0 bridgehead atoms. The van der Waals surface area contributed by atoms with E-state index < -0.39 is 33.7 Å². The lowest BCUT2D eigenvalue weighted by molar-refractivity contribution is -0.413. The van der Waals surface area contributed by atoms with Gasteiger partial charge in [0.15, 0.2) is 0 Å². The van der Waals surface area contributed by atoms with Gasteiger partial charge in [-0.1, -0.05) is 78.3 Å². The molecule has 3 aromatic carbocycles. The second-order valence-corrected chi connectivity index (χ2v) is 12.1. The van der Waals surface area contributed by atoms with Crippen molar-refractivity contribution >= 4 is 33.6 Å². The van der Waals surface area contributed by atoms with Crippen LogP contribution in [0.5, 0.6) is 0 Å². The average Bonchev–Trinajstić information content (AvgIpc) is 2.78. The highest BCUT2D eigenvalue weighted by Crippen LogP contribution is 2.23. The van der Waals surface area contributed by atoms with E-state index in [0.29, 0.717) is 17.0 Å². The minimum Gasteiger partial charge on any atom is -0.444 e. The van der Waals surface area contributed by atoms with Gasteiger partial charge in [-0.15, -0.1) is 0 Å². The van der Waals surface area contributed by atoms with E-state index in [9.17, 15) is 18.0 Å². The van der Waals surface area contributed by atoms with Gasteiger partial charge in [0.2, 0.25) is 0 Å². The van der Waals surface area contributed by atoms with E-state index in [1.54, 1.807) is 57.2 Å². The standard InChI is InChI=1S/C28H31ClN2O5S/c1-28(2,3)36-27(33)30-25(18-26(32)31-37(34,35)19-21-8-5-4-6-9-21)16-20-12-14-22(15-13-20)23-10-7-11-24(29)17-23/h4-15,17,25H,16,18-19H2,1-3H3,(H,30,33)(H,31,32)/p+1. The van der Waals surface area contributed by atoms with Crippen LogP contribution in [0.3, 0.4) is 0 Å². The third-order valence-corrected chi connectivity index (χ3v) is 6.88. The maximum absolute atomic E-state index is 12.7. The van der Waals surface area contributed by atoms with Gasteiger partial charge in [0, 0.05) is 11.1 Å². The molecule has 0 aliphatic heterocycles. The van der Waals surface area contributed by atoms with Crippen LogP contribution < -0.4 is 10.0 Å². The Morgan fingerprint density at radius 2 is 1.59 bits per heavy atom. The number of quaternary nitrogens is 1. The summed E-state index contributed by atoms with van der Waals surface area (Å²) in [5.74, 6) is -0.859. The highest BCUT2D eigenvalue weighted by atomic mass is 35.5. The van der Waals surface area contributed by atoms with E-state index in [2.05, 4.69) is 5.32 Å². The first kappa shape index (κ1) is 28.4. The molecule has 0 spiro atoms. The molecule has 0 radical (unpaired) electrons. The highest BCUT2D eigenvalue weighted by Gasteiger charge is 2.26. The second-order valence-electron chi connectivity index (χ2n) is 9.84. The molecular formula is C28H32ClN2O5S+. The van der Waals surface area contributed by atoms with Crippen LogP contribution in [0.1, 0.15) is 38.3 Å². The zero-order chi connectivity index (χ0) is 27.1. The van der Waals surface area contributed by atoms with Gasteiger partial charge in [-0.25, -0.2) is 9.59 Å². The van der Waals surface area contributed by atoms with Crippen molar-refractivity contribution in [1.29, 1.82) is 0 Å². The Balaban J connectivity index is 1.71. The summed E-state index contributed by atoms with van der Waals surface area (Å²) in [6.45, 7) is 5.22. The minimum atomic E-state index is -3.78. The summed E-state index contributed by atoms with van der Waals surface area (Å²) < 4.78 is 31.2. The van der Waals surface area contributed by atoms with E-state index in [1.807, 2.05) is 42.5 Å². The van der Waals surface area contributed by atoms with Crippen LogP contribution in [0.4, 0.5) is 4.79 Å². The Labute approximate surface area is 223 Å². The van der Waals surface area contributed by atoms with Crippen LogP contribution in [0.15, 0.2) is 78.9 Å². The molecule has 9 heteroatoms. The quantitative estimate of drug-likeness (QED) is 0.414. The van der Waals surface area contributed by atoms with Crippen molar-refractivity contribution in [2.45, 2.75) is 51.0 Å². The van der Waals surface area contributed by atoms with Gasteiger partial charge >= 0.3 is 22.0 Å². The summed E-state index contributed by atoms with van der Waals surface area (Å²) >= 11 is 6.10. The molecule has 2 amide bonds. The number of hydrogen-bond acceptors (Lipinski definition) is 5. The van der Waals surface area contributed by atoms with E-state index >= 15 is 0 Å². The number of nitrogens with two attached hydrogens (primary N) is 1. The molecule has 37 heavy (non-hydrogen) atoms. The first-order chi connectivity index (χ1) is 17.4. The predicted octanol–water partition coefficient (Wildman–Crippen LogP) is 4.45. The van der Waals surface area contributed by atoms with Crippen molar-refractivity contribution < 1.29 is 27.5 Å². The van der Waals surface area contributed by atoms with Crippen LogP contribution in [0.2, 0.25) is 5.02 Å². The maximum atomic E-state index is 12.7. The van der Waals surface area contributed by atoms with Crippen LogP contribution in [-0.4, -0.2) is 32.1 Å². The fourth-order valence-electron chi connectivity index (χ4n) is 3.77. The van der Waals surface area contributed by atoms with Gasteiger partial charge in [-0.3, -0.25) is 0 Å². The Kier molecular flexibility index (Phi) is 9.48. The SMILES string of the molecule is CC(C)(C)OC(=O)NC(CC(=O)[NH2+]S(=O)(=O)Cc1ccccc1)Cc1ccc(-c2cccc(Cl)c2)cc1. The summed E-state index contributed by atoms with van der Waals surface area (Å²) in [6.07, 6.45) is -0.551. The molecule has 0 saturated heterocycles. The zero-order valence-corrected chi connectivity index (χ0v) is 22.7. The Bertz CT molecular complexity index is 1320. The number of benzene rings is 3. The Hall–Kier alpha value is -3.20. The number of carbonyl (C=O) groups is 2. The van der Waals surface area contributed by atoms with E-state index in [1.165, 1.54) is 0 Å². The smallest absolute Gasteiger partial charge is 0.407 e. The molecule has 0 aromatic heterocycles. The highest BCUT2D eigenvalue weighted by molar-refractivity contribution is 7.84. The summed E-state index contributed by atoms with van der Waals surface area (Å²) in [4.78, 5) is 25.2. The summed E-state index contributed by atoms with van der Waals surface area (Å²) in [7, 11) is -3.78. The monoisotopic (exact) mass is 543 g/mol. The Morgan fingerprint density at radius 1 is 0.919 bits per heavy atom. The molecule has 3 rings (SSSR count). The molecule has 0 aliphatic rings. The predicted molar refractivity (Wildman–Crippen MR) is 144 cm³/mol. The third kappa shape index (κ3) is 9.99. The number of carbonyl (C=O) groups excluding carboxylic acids is 2. The first-order valence-electron chi connectivity index (χ1n) is 11.9. The van der Waals surface area contributed by atoms with Crippen molar-refractivity contribution in [2.24, 2.45) is 0 Å². The first-order valence-corrected chi connectivity index (χ1v) is 14.0. The lowest BCUT2D eigenvalue weighted by Gasteiger charge is -2.23. The summed E-state index contributed by atoms with van der Waals surface area (Å²) in [5.41, 5.74) is 2.68. The lowest BCUT2D eigenvalue weighted by atomic mass is 9.99. The van der Waals surface area contributed by atoms with Gasteiger partial charge in [-0.2, -0.15) is 13.1 Å². The van der Waals surface area contributed by atoms with Crippen molar-refractivity contribution in [3.05, 3.63) is 95.0 Å². The van der Waals surface area contributed by atoms with E-state index in [0.717, 1.165) is 21.4 Å². The maximum Gasteiger partial charge on any atom is 0.407 e. The van der Waals surface area contributed by atoms with Gasteiger partial charge in [-0.05, 0) is 61.6 Å². The van der Waals surface area contributed by atoms with E-state index in [-0.39, 0.29) is 12.2 Å². The van der Waals surface area contributed by atoms with E-state index in [4.69, 9.17) is 16.3 Å². The fraction of sp³-hybridized carbons (Fsp3) is 0.286. The number of alkyl carbamates (subject to hydrolysis) is 1. The lowest BCUT2D eigenvalue weighted by Crippen LogP contribution is -2.91. The molecule has 0 heterocycles. The normalized spacial score (nSPS) is 12.5. The number of primary sulfonamides is 1. The summed E-state index contributed by atoms with van der Waals surface area (Å²) in [6, 6.07) is 23.2. The van der Waals surface area contributed by atoms with Crippen molar-refractivity contribution in [2.75, 3.05) is 0 Å². The summed E-state index contributed by atoms with van der Waals surface area (Å²) in [5, 5.41) is 3.37. The molecule has 7 nitrogen and oxygen atoms in total. The Morgan fingerprint density at radius 3 is 2.22 bits per heavy atom. The molecule has 1 unspecified atom stereocenters. The topological polar surface area (TPSA) is 106 Å². The van der Waals surface area contributed by atoms with Crippen LogP contribution in [0, 0.1) is 0 Å². The minimum absolute atomic E-state index is 0.191. The molecule has 3 aromatic rings. The number of hydrogen-bond donors (Lipinski definition) is 2. The average molecular weight is 544 g/mol. The number of sulfonamides is 1. The fourth-order valence-corrected chi connectivity index (χ4v) is 5.20. The van der Waals surface area contributed by atoms with Crippen molar-refractivity contribution in [3.8, 4) is 11.1 Å². The number of rotatable bonds is 9. The second kappa shape index (κ2) is 12.4. The molecule has 196 valence electrons. The molecule has 1 atom stereocenters. The van der Waals surface area contributed by atoms with Gasteiger partial charge in [0.1, 0.15) is 11.4 Å². The van der Waals surface area contributed by atoms with Crippen LogP contribution in [-0.2, 0) is 31.7 Å². The third-order valence-electron chi connectivity index (χ3n) is 5.28. The zero-order valence-electron chi connectivity index (χ0n) is 21.1. The van der Waals surface area contributed by atoms with Gasteiger partial charge in [0.05, 0.1) is 6.42 Å².